The SMILES string of the molecule is O=C(N[C@@H](CC1CCCCC1)c1ncccn1)c1ccncc1F. The van der Waals surface area contributed by atoms with Gasteiger partial charge in [-0.3, -0.25) is 9.78 Å². The van der Waals surface area contributed by atoms with Crippen LogP contribution in [0.1, 0.15) is 60.7 Å². The van der Waals surface area contributed by atoms with E-state index in [2.05, 4.69) is 20.3 Å². The van der Waals surface area contributed by atoms with E-state index in [1.807, 2.05) is 0 Å². The molecule has 2 aromatic heterocycles. The smallest absolute Gasteiger partial charge is 0.254 e. The summed E-state index contributed by atoms with van der Waals surface area (Å²) in [7, 11) is 0. The molecule has 0 spiro atoms. The molecule has 2 aromatic rings. The Kier molecular flexibility index (Phi) is 5.46. The Hall–Kier alpha value is -2.37. The maximum atomic E-state index is 13.8. The average molecular weight is 328 g/mol. The summed E-state index contributed by atoms with van der Waals surface area (Å²) >= 11 is 0. The van der Waals surface area contributed by atoms with Crippen molar-refractivity contribution in [2.45, 2.75) is 44.6 Å². The summed E-state index contributed by atoms with van der Waals surface area (Å²) < 4.78 is 13.8. The van der Waals surface area contributed by atoms with Crippen LogP contribution in [-0.4, -0.2) is 20.9 Å². The van der Waals surface area contributed by atoms with Crippen LogP contribution in [0.5, 0.6) is 0 Å². The number of carbonyl (C=O) groups excluding carboxylic acids is 1. The Bertz CT molecular complexity index is 674. The van der Waals surface area contributed by atoms with Gasteiger partial charge in [0.05, 0.1) is 17.8 Å². The monoisotopic (exact) mass is 328 g/mol. The highest BCUT2D eigenvalue weighted by Crippen LogP contribution is 2.31. The molecule has 0 unspecified atom stereocenters. The van der Waals surface area contributed by atoms with Gasteiger partial charge in [0, 0.05) is 18.6 Å². The topological polar surface area (TPSA) is 67.8 Å². The van der Waals surface area contributed by atoms with Crippen molar-refractivity contribution in [3.63, 3.8) is 0 Å². The van der Waals surface area contributed by atoms with Crippen molar-refractivity contribution in [3.05, 3.63) is 54.1 Å². The lowest BCUT2D eigenvalue weighted by atomic mass is 9.84. The molecule has 126 valence electrons. The summed E-state index contributed by atoms with van der Waals surface area (Å²) in [5.74, 6) is 0.0320. The maximum Gasteiger partial charge on any atom is 0.254 e. The molecule has 0 bridgehead atoms. The summed E-state index contributed by atoms with van der Waals surface area (Å²) in [6, 6.07) is 2.81. The molecule has 1 atom stereocenters. The number of amides is 1. The van der Waals surface area contributed by atoms with E-state index in [0.717, 1.165) is 25.5 Å². The molecule has 1 N–H and O–H groups in total. The van der Waals surface area contributed by atoms with E-state index in [4.69, 9.17) is 0 Å². The van der Waals surface area contributed by atoms with Crippen molar-refractivity contribution in [2.75, 3.05) is 0 Å². The summed E-state index contributed by atoms with van der Waals surface area (Å²) in [4.78, 5) is 24.7. The first kappa shape index (κ1) is 16.5. The van der Waals surface area contributed by atoms with Crippen molar-refractivity contribution in [2.24, 2.45) is 5.92 Å². The van der Waals surface area contributed by atoms with Crippen molar-refractivity contribution in [1.82, 2.24) is 20.3 Å². The van der Waals surface area contributed by atoms with Gasteiger partial charge in [-0.15, -0.1) is 0 Å². The summed E-state index contributed by atoms with van der Waals surface area (Å²) in [5, 5.41) is 2.91. The standard InChI is InChI=1S/C18H21FN4O/c19-15-12-20-10-7-14(15)18(24)23-16(17-21-8-4-9-22-17)11-13-5-2-1-3-6-13/h4,7-10,12-13,16H,1-3,5-6,11H2,(H,23,24)/t16-/m0/s1. The second-order valence-corrected chi connectivity index (χ2v) is 6.23. The van der Waals surface area contributed by atoms with Crippen LogP contribution in [0.3, 0.4) is 0 Å². The minimum Gasteiger partial charge on any atom is -0.342 e. The molecular weight excluding hydrogens is 307 g/mol. The molecule has 0 radical (unpaired) electrons. The second kappa shape index (κ2) is 7.95. The van der Waals surface area contributed by atoms with E-state index < -0.39 is 11.7 Å². The average Bonchev–Trinajstić information content (AvgIpc) is 2.63. The molecule has 0 aliphatic heterocycles. The fourth-order valence-corrected chi connectivity index (χ4v) is 3.27. The summed E-state index contributed by atoms with van der Waals surface area (Å²) in [6.45, 7) is 0. The van der Waals surface area contributed by atoms with Crippen LogP contribution in [0.25, 0.3) is 0 Å². The number of hydrogen-bond acceptors (Lipinski definition) is 4. The third kappa shape index (κ3) is 4.13. The minimum atomic E-state index is -0.625. The lowest BCUT2D eigenvalue weighted by Crippen LogP contribution is -2.32. The van der Waals surface area contributed by atoms with Crippen molar-refractivity contribution < 1.29 is 9.18 Å². The van der Waals surface area contributed by atoms with Gasteiger partial charge >= 0.3 is 0 Å². The normalized spacial score (nSPS) is 16.5. The third-order valence-corrected chi connectivity index (χ3v) is 4.51. The number of hydrogen-bond donors (Lipinski definition) is 1. The van der Waals surface area contributed by atoms with Crippen LogP contribution in [0, 0.1) is 11.7 Å². The van der Waals surface area contributed by atoms with Gasteiger partial charge in [0.1, 0.15) is 5.82 Å². The van der Waals surface area contributed by atoms with Gasteiger partial charge < -0.3 is 5.32 Å². The molecule has 1 saturated carbocycles. The molecule has 0 saturated heterocycles. The zero-order valence-corrected chi connectivity index (χ0v) is 13.5. The Morgan fingerprint density at radius 2 is 1.96 bits per heavy atom. The van der Waals surface area contributed by atoms with Crippen LogP contribution in [0.2, 0.25) is 0 Å². The van der Waals surface area contributed by atoms with Gasteiger partial charge in [-0.25, -0.2) is 14.4 Å². The number of aromatic nitrogens is 3. The fraction of sp³-hybridized carbons (Fsp3) is 0.444. The lowest BCUT2D eigenvalue weighted by molar-refractivity contribution is 0.0921. The van der Waals surface area contributed by atoms with Gasteiger partial charge in [0.25, 0.3) is 5.91 Å². The van der Waals surface area contributed by atoms with Crippen molar-refractivity contribution in [1.29, 1.82) is 0 Å². The zero-order valence-electron chi connectivity index (χ0n) is 13.5. The van der Waals surface area contributed by atoms with Crippen LogP contribution in [0.15, 0.2) is 36.9 Å². The van der Waals surface area contributed by atoms with Crippen LogP contribution >= 0.6 is 0 Å². The number of pyridine rings is 1. The van der Waals surface area contributed by atoms with Gasteiger partial charge in [0.2, 0.25) is 0 Å². The highest BCUT2D eigenvalue weighted by molar-refractivity contribution is 5.94. The van der Waals surface area contributed by atoms with Crippen LogP contribution in [0.4, 0.5) is 4.39 Å². The van der Waals surface area contributed by atoms with Gasteiger partial charge in [-0.1, -0.05) is 32.1 Å². The molecule has 1 fully saturated rings. The molecule has 1 amide bonds. The van der Waals surface area contributed by atoms with E-state index >= 15 is 0 Å². The van der Waals surface area contributed by atoms with E-state index in [-0.39, 0.29) is 11.6 Å². The Balaban J connectivity index is 1.76. The number of halogens is 1. The molecule has 6 heteroatoms. The van der Waals surface area contributed by atoms with Gasteiger partial charge in [-0.2, -0.15) is 0 Å². The fourth-order valence-electron chi connectivity index (χ4n) is 3.27. The largest absolute Gasteiger partial charge is 0.342 e. The highest BCUT2D eigenvalue weighted by atomic mass is 19.1. The lowest BCUT2D eigenvalue weighted by Gasteiger charge is -2.26. The van der Waals surface area contributed by atoms with Crippen molar-refractivity contribution >= 4 is 5.91 Å². The predicted octanol–water partition coefficient (Wildman–Crippen LogP) is 3.45. The highest BCUT2D eigenvalue weighted by Gasteiger charge is 2.24. The first-order chi connectivity index (χ1) is 11.7. The quantitative estimate of drug-likeness (QED) is 0.913. The first-order valence-corrected chi connectivity index (χ1v) is 8.41. The molecule has 5 nitrogen and oxygen atoms in total. The number of nitrogens with zero attached hydrogens (tertiary/aromatic N) is 3. The molecule has 24 heavy (non-hydrogen) atoms. The molecule has 0 aromatic carbocycles. The second-order valence-electron chi connectivity index (χ2n) is 6.23. The molecule has 2 heterocycles. The Labute approximate surface area is 140 Å². The third-order valence-electron chi connectivity index (χ3n) is 4.51. The molecule has 1 aliphatic carbocycles. The van der Waals surface area contributed by atoms with E-state index in [1.54, 1.807) is 18.5 Å². The Morgan fingerprint density at radius 1 is 1.21 bits per heavy atom. The van der Waals surface area contributed by atoms with E-state index in [1.165, 1.54) is 31.5 Å². The minimum absolute atomic E-state index is 0.00502. The number of carbonyl (C=O) groups is 1. The predicted molar refractivity (Wildman–Crippen MR) is 87.6 cm³/mol. The van der Waals surface area contributed by atoms with E-state index in [9.17, 15) is 9.18 Å². The van der Waals surface area contributed by atoms with Crippen LogP contribution < -0.4 is 5.32 Å². The van der Waals surface area contributed by atoms with Crippen molar-refractivity contribution in [3.8, 4) is 0 Å². The molecule has 3 rings (SSSR count). The molecule has 1 aliphatic rings. The summed E-state index contributed by atoms with van der Waals surface area (Å²) in [6.07, 6.45) is 12.6. The molecular formula is C18H21FN4O. The zero-order chi connectivity index (χ0) is 16.8. The van der Waals surface area contributed by atoms with E-state index in [0.29, 0.717) is 11.7 Å². The number of nitrogens with one attached hydrogen (secondary N) is 1. The first-order valence-electron chi connectivity index (χ1n) is 8.41. The number of rotatable bonds is 5. The van der Waals surface area contributed by atoms with Gasteiger partial charge in [-0.05, 0) is 24.5 Å². The van der Waals surface area contributed by atoms with Crippen LogP contribution in [-0.2, 0) is 0 Å². The Morgan fingerprint density at radius 3 is 2.67 bits per heavy atom. The van der Waals surface area contributed by atoms with Gasteiger partial charge in [0.15, 0.2) is 5.82 Å². The maximum absolute atomic E-state index is 13.8. The summed E-state index contributed by atoms with van der Waals surface area (Å²) in [5.41, 5.74) is -0.00502.